The summed E-state index contributed by atoms with van der Waals surface area (Å²) < 4.78 is 24.8. The maximum atomic E-state index is 10.2. The van der Waals surface area contributed by atoms with E-state index in [0.29, 0.717) is 5.76 Å². The first-order chi connectivity index (χ1) is 4.22. The van der Waals surface area contributed by atoms with E-state index in [1.165, 1.54) is 13.1 Å². The first-order valence-electron chi connectivity index (χ1n) is 2.22. The molecule has 0 fully saturated rings. The van der Waals surface area contributed by atoms with E-state index in [4.69, 9.17) is 0 Å². The van der Waals surface area contributed by atoms with Crippen LogP contribution in [0.5, 0.6) is 0 Å². The standard InChI is InChI=1S/C4H5NO3S/c1-3-4(9(6)7)2-5-8-3/h2H,1H3,(H,6,7)/p-1. The van der Waals surface area contributed by atoms with E-state index < -0.39 is 11.1 Å². The molecule has 0 aliphatic carbocycles. The van der Waals surface area contributed by atoms with Crippen LogP contribution in [0.1, 0.15) is 5.76 Å². The van der Waals surface area contributed by atoms with Gasteiger partial charge in [-0.3, -0.25) is 4.21 Å². The monoisotopic (exact) mass is 146 g/mol. The maximum Gasteiger partial charge on any atom is 0.148 e. The molecule has 5 heteroatoms. The largest absolute Gasteiger partial charge is 0.768 e. The summed E-state index contributed by atoms with van der Waals surface area (Å²) in [7, 11) is 0. The van der Waals surface area contributed by atoms with Crippen LogP contribution in [0.3, 0.4) is 0 Å². The van der Waals surface area contributed by atoms with Crippen molar-refractivity contribution in [3.8, 4) is 0 Å². The van der Waals surface area contributed by atoms with Gasteiger partial charge in [0, 0.05) is 0 Å². The Hall–Kier alpha value is -0.680. The van der Waals surface area contributed by atoms with Crippen molar-refractivity contribution in [2.75, 3.05) is 0 Å². The lowest BCUT2D eigenvalue weighted by Crippen LogP contribution is -1.86. The van der Waals surface area contributed by atoms with Gasteiger partial charge in [0.15, 0.2) is 0 Å². The van der Waals surface area contributed by atoms with Crippen LogP contribution < -0.4 is 0 Å². The molecular formula is C4H4NO3S-. The zero-order chi connectivity index (χ0) is 6.85. The predicted molar refractivity (Wildman–Crippen MR) is 28.4 cm³/mol. The highest BCUT2D eigenvalue weighted by molar-refractivity contribution is 7.79. The van der Waals surface area contributed by atoms with Crippen molar-refractivity contribution in [3.05, 3.63) is 12.0 Å². The Labute approximate surface area is 54.1 Å². The highest BCUT2D eigenvalue weighted by Crippen LogP contribution is 2.08. The third-order valence-corrected chi connectivity index (χ3v) is 1.64. The van der Waals surface area contributed by atoms with E-state index >= 15 is 0 Å². The van der Waals surface area contributed by atoms with Crippen molar-refractivity contribution in [2.45, 2.75) is 11.8 Å². The molecular weight excluding hydrogens is 142 g/mol. The minimum Gasteiger partial charge on any atom is -0.768 e. The van der Waals surface area contributed by atoms with Gasteiger partial charge in [0.1, 0.15) is 5.76 Å². The average molecular weight is 146 g/mol. The lowest BCUT2D eigenvalue weighted by atomic mass is 10.5. The van der Waals surface area contributed by atoms with Crippen LogP contribution in [0.4, 0.5) is 0 Å². The van der Waals surface area contributed by atoms with Crippen molar-refractivity contribution in [1.82, 2.24) is 5.16 Å². The molecule has 0 saturated carbocycles. The molecule has 0 radical (unpaired) electrons. The molecule has 1 atom stereocenters. The van der Waals surface area contributed by atoms with Crippen LogP contribution in [0.2, 0.25) is 0 Å². The van der Waals surface area contributed by atoms with Gasteiger partial charge in [-0.05, 0) is 18.0 Å². The summed E-state index contributed by atoms with van der Waals surface area (Å²) in [5.74, 6) is 0.323. The SMILES string of the molecule is Cc1oncc1S(=O)[O-]. The van der Waals surface area contributed by atoms with Crippen molar-refractivity contribution in [2.24, 2.45) is 0 Å². The Morgan fingerprint density at radius 2 is 2.56 bits per heavy atom. The van der Waals surface area contributed by atoms with Crippen LogP contribution in [0.15, 0.2) is 15.6 Å². The number of aromatic nitrogens is 1. The smallest absolute Gasteiger partial charge is 0.148 e. The molecule has 50 valence electrons. The molecule has 0 aromatic carbocycles. The second-order valence-electron chi connectivity index (χ2n) is 1.48. The first-order valence-corrected chi connectivity index (χ1v) is 3.30. The van der Waals surface area contributed by atoms with Gasteiger partial charge in [0.25, 0.3) is 0 Å². The lowest BCUT2D eigenvalue weighted by molar-refractivity contribution is 0.394. The van der Waals surface area contributed by atoms with Gasteiger partial charge in [-0.25, -0.2) is 0 Å². The minimum absolute atomic E-state index is 0.120. The van der Waals surface area contributed by atoms with Crippen molar-refractivity contribution in [3.63, 3.8) is 0 Å². The van der Waals surface area contributed by atoms with Gasteiger partial charge in [-0.15, -0.1) is 0 Å². The Morgan fingerprint density at radius 1 is 1.89 bits per heavy atom. The van der Waals surface area contributed by atoms with Gasteiger partial charge in [-0.1, -0.05) is 5.16 Å². The van der Waals surface area contributed by atoms with E-state index in [1.54, 1.807) is 0 Å². The van der Waals surface area contributed by atoms with Crippen LogP contribution in [0, 0.1) is 6.92 Å². The zero-order valence-corrected chi connectivity index (χ0v) is 5.47. The van der Waals surface area contributed by atoms with E-state index in [9.17, 15) is 8.76 Å². The van der Waals surface area contributed by atoms with Crippen LogP contribution in [0.25, 0.3) is 0 Å². The molecule has 0 aliphatic rings. The summed E-state index contributed by atoms with van der Waals surface area (Å²) in [5, 5.41) is 3.27. The molecule has 1 unspecified atom stereocenters. The maximum absolute atomic E-state index is 10.2. The molecule has 1 rings (SSSR count). The summed E-state index contributed by atoms with van der Waals surface area (Å²) in [6.45, 7) is 1.54. The molecule has 0 bridgehead atoms. The number of rotatable bonds is 1. The summed E-state index contributed by atoms with van der Waals surface area (Å²) >= 11 is -2.22. The zero-order valence-electron chi connectivity index (χ0n) is 4.66. The number of nitrogens with zero attached hydrogens (tertiary/aromatic N) is 1. The van der Waals surface area contributed by atoms with Gasteiger partial charge >= 0.3 is 0 Å². The molecule has 1 aromatic rings. The highest BCUT2D eigenvalue weighted by atomic mass is 32.2. The fourth-order valence-corrected chi connectivity index (χ4v) is 0.851. The second-order valence-corrected chi connectivity index (χ2v) is 2.39. The molecule has 0 aliphatic heterocycles. The van der Waals surface area contributed by atoms with Crippen molar-refractivity contribution >= 4 is 11.1 Å². The summed E-state index contributed by atoms with van der Waals surface area (Å²) in [4.78, 5) is 0.120. The predicted octanol–water partition coefficient (Wildman–Crippen LogP) is 0.221. The van der Waals surface area contributed by atoms with Gasteiger partial charge < -0.3 is 9.08 Å². The van der Waals surface area contributed by atoms with E-state index in [0.717, 1.165) is 0 Å². The number of aryl methyl sites for hydroxylation is 1. The highest BCUT2D eigenvalue weighted by Gasteiger charge is 2.00. The molecule has 9 heavy (non-hydrogen) atoms. The van der Waals surface area contributed by atoms with Gasteiger partial charge in [-0.2, -0.15) is 0 Å². The minimum atomic E-state index is -2.22. The van der Waals surface area contributed by atoms with E-state index in [-0.39, 0.29) is 4.90 Å². The quantitative estimate of drug-likeness (QED) is 0.531. The fraction of sp³-hybridized carbons (Fsp3) is 0.250. The lowest BCUT2D eigenvalue weighted by Gasteiger charge is -1.98. The molecule has 0 saturated heterocycles. The molecule has 0 spiro atoms. The van der Waals surface area contributed by atoms with Gasteiger partial charge in [0.2, 0.25) is 0 Å². The molecule has 0 amide bonds. The summed E-state index contributed by atoms with van der Waals surface area (Å²) in [6.07, 6.45) is 1.17. The normalized spacial score (nSPS) is 13.6. The molecule has 0 N–H and O–H groups in total. The fourth-order valence-electron chi connectivity index (χ4n) is 0.450. The van der Waals surface area contributed by atoms with Crippen LogP contribution in [-0.2, 0) is 11.1 Å². The topological polar surface area (TPSA) is 66.2 Å². The Kier molecular flexibility index (Phi) is 1.63. The average Bonchev–Trinajstić information content (AvgIpc) is 2.13. The second kappa shape index (κ2) is 2.28. The molecule has 4 nitrogen and oxygen atoms in total. The molecule has 1 heterocycles. The van der Waals surface area contributed by atoms with E-state index in [2.05, 4.69) is 9.68 Å². The molecule has 1 aromatic heterocycles. The van der Waals surface area contributed by atoms with Crippen molar-refractivity contribution < 1.29 is 13.3 Å². The summed E-state index contributed by atoms with van der Waals surface area (Å²) in [5.41, 5.74) is 0. The number of hydrogen-bond acceptors (Lipinski definition) is 4. The third kappa shape index (κ3) is 1.17. The Balaban J connectivity index is 3.08. The van der Waals surface area contributed by atoms with E-state index in [1.807, 2.05) is 0 Å². The van der Waals surface area contributed by atoms with Crippen LogP contribution in [-0.4, -0.2) is 13.9 Å². The Bertz CT molecular complexity index is 231. The van der Waals surface area contributed by atoms with Gasteiger partial charge in [0.05, 0.1) is 11.1 Å². The van der Waals surface area contributed by atoms with Crippen molar-refractivity contribution in [1.29, 1.82) is 0 Å². The Morgan fingerprint density at radius 3 is 2.78 bits per heavy atom. The number of hydrogen-bond donors (Lipinski definition) is 0. The van der Waals surface area contributed by atoms with Crippen LogP contribution >= 0.6 is 0 Å². The summed E-state index contributed by atoms with van der Waals surface area (Å²) in [6, 6.07) is 0. The third-order valence-electron chi connectivity index (χ3n) is 0.886. The first kappa shape index (κ1) is 6.44.